The van der Waals surface area contributed by atoms with Crippen LogP contribution in [0.1, 0.15) is 37.9 Å². The summed E-state index contributed by atoms with van der Waals surface area (Å²) < 4.78 is 33.6. The molecule has 0 bridgehead atoms. The summed E-state index contributed by atoms with van der Waals surface area (Å²) in [5.41, 5.74) is 12.1. The summed E-state index contributed by atoms with van der Waals surface area (Å²) >= 11 is 0. The molecule has 14 nitrogen and oxygen atoms in total. The highest BCUT2D eigenvalue weighted by molar-refractivity contribution is 5.95. The number of aromatic nitrogens is 5. The molecule has 4 atom stereocenters. The van der Waals surface area contributed by atoms with Crippen LogP contribution in [0.2, 0.25) is 0 Å². The first-order valence-corrected chi connectivity index (χ1v) is 11.5. The van der Waals surface area contributed by atoms with Crippen molar-refractivity contribution in [2.24, 2.45) is 10.9 Å². The highest BCUT2D eigenvalue weighted by Gasteiger charge is 2.58. The lowest BCUT2D eigenvalue weighted by atomic mass is 10.1. The van der Waals surface area contributed by atoms with E-state index in [-0.39, 0.29) is 30.2 Å². The summed E-state index contributed by atoms with van der Waals surface area (Å²) in [6, 6.07) is 2.48. The number of nitrogen functional groups attached to an aromatic ring is 1. The van der Waals surface area contributed by atoms with Crippen LogP contribution in [0.25, 0.3) is 11.2 Å². The van der Waals surface area contributed by atoms with E-state index in [1.807, 2.05) is 0 Å². The summed E-state index contributed by atoms with van der Waals surface area (Å²) in [5.74, 6) is 3.26. The number of fused-ring (bicyclic) bond motifs is 2. The highest BCUT2D eigenvalue weighted by Crippen LogP contribution is 2.43. The topological polar surface area (TPSA) is 198 Å². The van der Waals surface area contributed by atoms with Gasteiger partial charge >= 0.3 is 0 Å². The molecular weight excluding hydrogens is 501 g/mol. The second-order valence-electron chi connectivity index (χ2n) is 8.95. The van der Waals surface area contributed by atoms with Crippen LogP contribution in [0.4, 0.5) is 10.2 Å². The highest BCUT2D eigenvalue weighted by atomic mass is 19.1. The molecule has 2 fully saturated rings. The minimum absolute atomic E-state index is 0.198. The Kier molecular flexibility index (Phi) is 6.53. The van der Waals surface area contributed by atoms with E-state index in [9.17, 15) is 9.18 Å². The van der Waals surface area contributed by atoms with Crippen LogP contribution in [0.5, 0.6) is 0 Å². The molecule has 1 unspecified atom stereocenters. The molecule has 198 valence electrons. The van der Waals surface area contributed by atoms with Crippen molar-refractivity contribution < 1.29 is 28.6 Å². The van der Waals surface area contributed by atoms with E-state index < -0.39 is 47.9 Å². The summed E-state index contributed by atoms with van der Waals surface area (Å²) in [6.07, 6.45) is 0.0846. The van der Waals surface area contributed by atoms with E-state index >= 15 is 0 Å². The van der Waals surface area contributed by atoms with Crippen LogP contribution < -0.4 is 16.8 Å². The normalized spacial score (nSPS) is 24.1. The molecule has 38 heavy (non-hydrogen) atoms. The molecule has 15 heteroatoms. The average Bonchev–Trinajstić information content (AvgIpc) is 3.55. The Balaban J connectivity index is 1.26. The van der Waals surface area contributed by atoms with E-state index in [2.05, 4.69) is 42.2 Å². The molecule has 0 aromatic carbocycles. The number of amides is 1. The number of nitrogens with zero attached hydrogens (tertiary/aromatic N) is 6. The number of nitrogens with one attached hydrogen (secondary N) is 1. The van der Waals surface area contributed by atoms with Crippen LogP contribution in [0, 0.1) is 17.7 Å². The van der Waals surface area contributed by atoms with Gasteiger partial charge in [-0.05, 0) is 31.9 Å². The molecule has 0 saturated carbocycles. The van der Waals surface area contributed by atoms with Gasteiger partial charge in [0.2, 0.25) is 0 Å². The fourth-order valence-corrected chi connectivity index (χ4v) is 4.31. The largest absolute Gasteiger partial charge is 0.409 e. The summed E-state index contributed by atoms with van der Waals surface area (Å²) in [4.78, 5) is 29.5. The first-order chi connectivity index (χ1) is 18.2. The van der Waals surface area contributed by atoms with Gasteiger partial charge in [-0.1, -0.05) is 11.1 Å². The van der Waals surface area contributed by atoms with Crippen molar-refractivity contribution in [2.45, 2.75) is 50.6 Å². The fourth-order valence-electron chi connectivity index (χ4n) is 4.31. The lowest BCUT2D eigenvalue weighted by molar-refractivity contribution is -0.197. The van der Waals surface area contributed by atoms with Crippen molar-refractivity contribution in [1.82, 2.24) is 29.8 Å². The Hall–Kier alpha value is -4.39. The third kappa shape index (κ3) is 4.67. The molecule has 0 spiro atoms. The number of imidazole rings is 1. The minimum atomic E-state index is -0.974. The number of hydrogen-bond donors (Lipinski definition) is 4. The zero-order chi connectivity index (χ0) is 27.0. The standard InChI is InChI=1S/C23H24FN9O5/c1-23(2)37-15-16(36-22(17(15)38-23)33-10-30-14-18(25)28-9-29-20(14)33)21(34)27-8-4-3-5-11-6-7-12(24)13(31-11)19(26)32-35/h6-7,9-10,15-17,22,35H,4,8H2,1-2H3,(H2,26,32)(H,27,34)(H2,25,28,29)/t15-,16+,17-,22?/m1/s1. The number of amidine groups is 1. The average molecular weight is 526 g/mol. The van der Waals surface area contributed by atoms with Gasteiger partial charge in [-0.15, -0.1) is 0 Å². The lowest BCUT2D eigenvalue weighted by Gasteiger charge is -2.24. The summed E-state index contributed by atoms with van der Waals surface area (Å²) in [6.45, 7) is 3.71. The van der Waals surface area contributed by atoms with Gasteiger partial charge in [0, 0.05) is 13.0 Å². The molecule has 3 aromatic rings. The molecule has 2 saturated heterocycles. The zero-order valence-electron chi connectivity index (χ0n) is 20.3. The number of hydrogen-bond acceptors (Lipinski definition) is 11. The maximum absolute atomic E-state index is 13.8. The molecule has 1 amide bonds. The van der Waals surface area contributed by atoms with Crippen molar-refractivity contribution in [2.75, 3.05) is 12.3 Å². The van der Waals surface area contributed by atoms with E-state index in [1.54, 1.807) is 18.4 Å². The maximum atomic E-state index is 13.8. The molecule has 2 aliphatic heterocycles. The smallest absolute Gasteiger partial charge is 0.252 e. The Morgan fingerprint density at radius 1 is 1.29 bits per heavy atom. The van der Waals surface area contributed by atoms with Gasteiger partial charge in [-0.25, -0.2) is 24.3 Å². The van der Waals surface area contributed by atoms with Crippen molar-refractivity contribution >= 4 is 28.7 Å². The van der Waals surface area contributed by atoms with Crippen LogP contribution >= 0.6 is 0 Å². The Morgan fingerprint density at radius 2 is 2.08 bits per heavy atom. The van der Waals surface area contributed by atoms with Gasteiger partial charge in [-0.2, -0.15) is 0 Å². The number of oxime groups is 1. The van der Waals surface area contributed by atoms with E-state index in [1.165, 1.54) is 18.7 Å². The zero-order valence-corrected chi connectivity index (χ0v) is 20.3. The maximum Gasteiger partial charge on any atom is 0.252 e. The van der Waals surface area contributed by atoms with Crippen molar-refractivity contribution in [1.29, 1.82) is 0 Å². The molecule has 3 aromatic heterocycles. The third-order valence-corrected chi connectivity index (χ3v) is 5.91. The van der Waals surface area contributed by atoms with Crippen molar-refractivity contribution in [3.05, 3.63) is 42.0 Å². The van der Waals surface area contributed by atoms with E-state index in [0.717, 1.165) is 6.07 Å². The summed E-state index contributed by atoms with van der Waals surface area (Å²) in [7, 11) is 0. The second-order valence-corrected chi connectivity index (χ2v) is 8.95. The predicted octanol–water partition coefficient (Wildman–Crippen LogP) is 0.0126. The van der Waals surface area contributed by atoms with Gasteiger partial charge < -0.3 is 36.2 Å². The number of carbonyl (C=O) groups excluding carboxylic acids is 1. The van der Waals surface area contributed by atoms with Gasteiger partial charge in [0.15, 0.2) is 41.2 Å². The van der Waals surface area contributed by atoms with Crippen LogP contribution in [-0.2, 0) is 19.0 Å². The number of carbonyl (C=O) groups is 1. The number of anilines is 1. The number of ether oxygens (including phenoxy) is 3. The van der Waals surface area contributed by atoms with Crippen molar-refractivity contribution in [3.8, 4) is 11.8 Å². The van der Waals surface area contributed by atoms with Crippen LogP contribution in [0.15, 0.2) is 29.9 Å². The monoisotopic (exact) mass is 525 g/mol. The quantitative estimate of drug-likeness (QED) is 0.0874. The van der Waals surface area contributed by atoms with Crippen LogP contribution in [0.3, 0.4) is 0 Å². The molecule has 0 aliphatic carbocycles. The molecule has 6 N–H and O–H groups in total. The van der Waals surface area contributed by atoms with Gasteiger partial charge in [0.1, 0.15) is 35.4 Å². The van der Waals surface area contributed by atoms with E-state index in [0.29, 0.717) is 11.2 Å². The Bertz CT molecular complexity index is 1480. The molecule has 0 radical (unpaired) electrons. The lowest BCUT2D eigenvalue weighted by Crippen LogP contribution is -2.43. The van der Waals surface area contributed by atoms with Gasteiger partial charge in [0.05, 0.1) is 6.33 Å². The Labute approximate surface area is 215 Å². The molecule has 5 rings (SSSR count). The fraction of sp³-hybridized carbons (Fsp3) is 0.391. The molecule has 2 aliphatic rings. The van der Waals surface area contributed by atoms with Crippen molar-refractivity contribution in [3.63, 3.8) is 0 Å². The van der Waals surface area contributed by atoms with E-state index in [4.69, 9.17) is 30.9 Å². The SMILES string of the molecule is CC1(C)O[C@@H]2[C@@H](C(=O)NCCC#Cc3ccc(F)c(/C(N)=N\O)n3)OC(n3cnc4c(N)ncnc43)[C@@H]2O1. The second kappa shape index (κ2) is 9.82. The first-order valence-electron chi connectivity index (χ1n) is 11.5. The number of nitrogens with two attached hydrogens (primary N) is 2. The first kappa shape index (κ1) is 25.3. The van der Waals surface area contributed by atoms with Crippen LogP contribution in [-0.4, -0.2) is 72.1 Å². The summed E-state index contributed by atoms with van der Waals surface area (Å²) in [5, 5.41) is 14.3. The minimum Gasteiger partial charge on any atom is -0.409 e. The number of pyridine rings is 1. The number of halogens is 1. The molecule has 5 heterocycles. The number of rotatable bonds is 5. The van der Waals surface area contributed by atoms with Gasteiger partial charge in [0.25, 0.3) is 5.91 Å². The Morgan fingerprint density at radius 3 is 2.87 bits per heavy atom. The predicted molar refractivity (Wildman–Crippen MR) is 129 cm³/mol. The van der Waals surface area contributed by atoms with Gasteiger partial charge in [-0.3, -0.25) is 9.36 Å². The third-order valence-electron chi connectivity index (χ3n) is 5.91. The molecular formula is C23H24FN9O5.